The average Bonchev–Trinajstić information content (AvgIpc) is 2.47. The molecule has 1 unspecified atom stereocenters. The van der Waals surface area contributed by atoms with Crippen molar-refractivity contribution in [2.24, 2.45) is 0 Å². The van der Waals surface area contributed by atoms with Gasteiger partial charge >= 0.3 is 0 Å². The highest BCUT2D eigenvalue weighted by Gasteiger charge is 2.41. The molecule has 1 atom stereocenters. The van der Waals surface area contributed by atoms with Crippen molar-refractivity contribution in [1.82, 2.24) is 10.2 Å². The van der Waals surface area contributed by atoms with Crippen molar-refractivity contribution >= 4 is 0 Å². The Hall–Kier alpha value is -1.06. The zero-order chi connectivity index (χ0) is 14.0. The van der Waals surface area contributed by atoms with Crippen LogP contribution in [-0.4, -0.2) is 34.7 Å². The van der Waals surface area contributed by atoms with Crippen LogP contribution in [0.2, 0.25) is 0 Å². The van der Waals surface area contributed by atoms with Crippen molar-refractivity contribution in [3.63, 3.8) is 0 Å². The van der Waals surface area contributed by atoms with Gasteiger partial charge in [-0.15, -0.1) is 0 Å². The monoisotopic (exact) mass is 274 g/mol. The van der Waals surface area contributed by atoms with Gasteiger partial charge in [-0.1, -0.05) is 31.4 Å². The zero-order valence-electron chi connectivity index (χ0n) is 12.4. The number of piperazine rings is 1. The summed E-state index contributed by atoms with van der Waals surface area (Å²) in [6.45, 7) is 5.54. The molecule has 1 spiro atoms. The predicted molar refractivity (Wildman–Crippen MR) is 81.8 cm³/mol. The average molecular weight is 274 g/mol. The molecule has 1 saturated heterocycles. The van der Waals surface area contributed by atoms with Crippen molar-refractivity contribution in [2.75, 3.05) is 13.1 Å². The lowest BCUT2D eigenvalue weighted by molar-refractivity contribution is 0.00617. The number of benzene rings is 1. The van der Waals surface area contributed by atoms with Gasteiger partial charge in [0.05, 0.1) is 0 Å². The van der Waals surface area contributed by atoms with Gasteiger partial charge in [0, 0.05) is 31.2 Å². The molecule has 20 heavy (non-hydrogen) atoms. The van der Waals surface area contributed by atoms with E-state index in [-0.39, 0.29) is 0 Å². The number of nitrogens with zero attached hydrogens (tertiary/aromatic N) is 1. The summed E-state index contributed by atoms with van der Waals surface area (Å²) in [4.78, 5) is 2.69. The minimum atomic E-state index is 0.356. The molecule has 110 valence electrons. The van der Waals surface area contributed by atoms with Crippen molar-refractivity contribution in [3.05, 3.63) is 29.8 Å². The fraction of sp³-hybridized carbons (Fsp3) is 0.647. The van der Waals surface area contributed by atoms with Crippen LogP contribution < -0.4 is 5.32 Å². The molecule has 2 fully saturated rings. The quantitative estimate of drug-likeness (QED) is 0.870. The van der Waals surface area contributed by atoms with Crippen LogP contribution in [0.1, 0.15) is 44.6 Å². The molecule has 1 aromatic rings. The lowest BCUT2D eigenvalue weighted by Crippen LogP contribution is -2.64. The summed E-state index contributed by atoms with van der Waals surface area (Å²) in [5.74, 6) is 0.356. The van der Waals surface area contributed by atoms with Crippen LogP contribution in [0.3, 0.4) is 0 Å². The minimum absolute atomic E-state index is 0.356. The Morgan fingerprint density at radius 2 is 1.90 bits per heavy atom. The molecule has 3 rings (SSSR count). The first-order valence-electron chi connectivity index (χ1n) is 7.94. The lowest BCUT2D eigenvalue weighted by Gasteiger charge is -2.51. The molecule has 2 aliphatic rings. The Morgan fingerprint density at radius 3 is 2.60 bits per heavy atom. The summed E-state index contributed by atoms with van der Waals surface area (Å²) >= 11 is 0. The molecule has 0 amide bonds. The van der Waals surface area contributed by atoms with E-state index in [0.717, 1.165) is 19.6 Å². The molecular weight excluding hydrogens is 248 g/mol. The molecule has 1 aliphatic heterocycles. The van der Waals surface area contributed by atoms with E-state index in [9.17, 15) is 5.11 Å². The van der Waals surface area contributed by atoms with Crippen molar-refractivity contribution in [2.45, 2.75) is 57.2 Å². The zero-order valence-corrected chi connectivity index (χ0v) is 12.4. The largest absolute Gasteiger partial charge is 0.508 e. The third-order valence-corrected chi connectivity index (χ3v) is 5.04. The van der Waals surface area contributed by atoms with Gasteiger partial charge in [0.25, 0.3) is 0 Å². The Bertz CT molecular complexity index is 437. The highest BCUT2D eigenvalue weighted by atomic mass is 16.3. The normalized spacial score (nSPS) is 26.8. The standard InChI is InChI=1S/C17H26N2O/c1-14-11-19(12-15-5-7-16(20)8-6-15)17(13-18-14)9-3-2-4-10-17/h5-8,14,18,20H,2-4,9-13H2,1H3. The molecule has 0 radical (unpaired) electrons. The van der Waals surface area contributed by atoms with E-state index in [2.05, 4.69) is 29.3 Å². The summed E-state index contributed by atoms with van der Waals surface area (Å²) in [5, 5.41) is 13.1. The van der Waals surface area contributed by atoms with Crippen LogP contribution in [0.15, 0.2) is 24.3 Å². The number of phenols is 1. The third kappa shape index (κ3) is 2.84. The van der Waals surface area contributed by atoms with Crippen LogP contribution in [0.4, 0.5) is 0 Å². The number of phenolic OH excluding ortho intramolecular Hbond substituents is 1. The van der Waals surface area contributed by atoms with E-state index < -0.39 is 0 Å². The third-order valence-electron chi connectivity index (χ3n) is 5.04. The Morgan fingerprint density at radius 1 is 1.20 bits per heavy atom. The SMILES string of the molecule is CC1CN(Cc2ccc(O)cc2)C2(CCCCC2)CN1. The smallest absolute Gasteiger partial charge is 0.115 e. The number of hydrogen-bond acceptors (Lipinski definition) is 3. The minimum Gasteiger partial charge on any atom is -0.508 e. The van der Waals surface area contributed by atoms with Crippen LogP contribution in [-0.2, 0) is 6.54 Å². The summed E-state index contributed by atoms with van der Waals surface area (Å²) in [6, 6.07) is 8.28. The van der Waals surface area contributed by atoms with Gasteiger partial charge < -0.3 is 10.4 Å². The predicted octanol–water partition coefficient (Wildman–Crippen LogP) is 2.89. The maximum Gasteiger partial charge on any atom is 0.115 e. The molecule has 3 heteroatoms. The van der Waals surface area contributed by atoms with E-state index in [4.69, 9.17) is 0 Å². The second-order valence-corrected chi connectivity index (χ2v) is 6.61. The second-order valence-electron chi connectivity index (χ2n) is 6.61. The van der Waals surface area contributed by atoms with Crippen molar-refractivity contribution < 1.29 is 5.11 Å². The maximum atomic E-state index is 9.42. The molecule has 1 heterocycles. The summed E-state index contributed by atoms with van der Waals surface area (Å²) in [6.07, 6.45) is 6.77. The highest BCUT2D eigenvalue weighted by molar-refractivity contribution is 5.26. The Kier molecular flexibility index (Phi) is 3.99. The van der Waals surface area contributed by atoms with Gasteiger partial charge in [0.2, 0.25) is 0 Å². The first-order valence-corrected chi connectivity index (χ1v) is 7.94. The van der Waals surface area contributed by atoms with Gasteiger partial charge in [0.15, 0.2) is 0 Å². The molecular formula is C17H26N2O. The maximum absolute atomic E-state index is 9.42. The molecule has 0 aromatic heterocycles. The second kappa shape index (κ2) is 5.74. The van der Waals surface area contributed by atoms with Crippen molar-refractivity contribution in [1.29, 1.82) is 0 Å². The van der Waals surface area contributed by atoms with E-state index in [1.807, 2.05) is 0 Å². The van der Waals surface area contributed by atoms with Crippen LogP contribution in [0.5, 0.6) is 5.75 Å². The molecule has 2 N–H and O–H groups in total. The first-order chi connectivity index (χ1) is 9.68. The van der Waals surface area contributed by atoms with Crippen LogP contribution in [0.25, 0.3) is 0 Å². The fourth-order valence-corrected chi connectivity index (χ4v) is 3.82. The lowest BCUT2D eigenvalue weighted by atomic mass is 9.78. The molecule has 3 nitrogen and oxygen atoms in total. The number of aromatic hydroxyl groups is 1. The van der Waals surface area contributed by atoms with Crippen LogP contribution in [0, 0.1) is 0 Å². The van der Waals surface area contributed by atoms with E-state index in [1.54, 1.807) is 12.1 Å². The summed E-state index contributed by atoms with van der Waals surface area (Å²) in [7, 11) is 0. The summed E-state index contributed by atoms with van der Waals surface area (Å²) < 4.78 is 0. The molecule has 1 aromatic carbocycles. The molecule has 1 aliphatic carbocycles. The van der Waals surface area contributed by atoms with E-state index >= 15 is 0 Å². The van der Waals surface area contributed by atoms with Crippen molar-refractivity contribution in [3.8, 4) is 5.75 Å². The highest BCUT2D eigenvalue weighted by Crippen LogP contribution is 2.36. The number of hydrogen-bond donors (Lipinski definition) is 2. The van der Waals surface area contributed by atoms with E-state index in [1.165, 1.54) is 37.7 Å². The fourth-order valence-electron chi connectivity index (χ4n) is 3.82. The van der Waals surface area contributed by atoms with Gasteiger partial charge in [0.1, 0.15) is 5.75 Å². The Labute approximate surface area is 122 Å². The topological polar surface area (TPSA) is 35.5 Å². The van der Waals surface area contributed by atoms with Gasteiger partial charge in [-0.2, -0.15) is 0 Å². The Balaban J connectivity index is 1.77. The van der Waals surface area contributed by atoms with Gasteiger partial charge in [-0.05, 0) is 37.5 Å². The van der Waals surface area contributed by atoms with E-state index in [0.29, 0.717) is 17.3 Å². The van der Waals surface area contributed by atoms with Crippen LogP contribution >= 0.6 is 0 Å². The van der Waals surface area contributed by atoms with Gasteiger partial charge in [-0.25, -0.2) is 0 Å². The number of rotatable bonds is 2. The molecule has 0 bridgehead atoms. The van der Waals surface area contributed by atoms with Gasteiger partial charge in [-0.3, -0.25) is 4.90 Å². The molecule has 1 saturated carbocycles. The summed E-state index contributed by atoms with van der Waals surface area (Å²) in [5.41, 5.74) is 1.67. The first kappa shape index (κ1) is 13.9. The number of nitrogens with one attached hydrogen (secondary N) is 1.